The number of amides is 1. The number of hydrogen-bond acceptors (Lipinski definition) is 4. The second kappa shape index (κ2) is 11.1. The van der Waals surface area contributed by atoms with E-state index in [0.29, 0.717) is 19.4 Å². The highest BCUT2D eigenvalue weighted by molar-refractivity contribution is 7.88. The van der Waals surface area contributed by atoms with Gasteiger partial charge < -0.3 is 10.1 Å². The summed E-state index contributed by atoms with van der Waals surface area (Å²) < 4.78 is 45.9. The van der Waals surface area contributed by atoms with Crippen LogP contribution in [0.15, 0.2) is 42.5 Å². The lowest BCUT2D eigenvalue weighted by Crippen LogP contribution is -2.43. The van der Waals surface area contributed by atoms with Crippen LogP contribution in [0.4, 0.5) is 4.39 Å². The van der Waals surface area contributed by atoms with Gasteiger partial charge in [0.15, 0.2) is 0 Å². The Kier molecular flexibility index (Phi) is 8.51. The lowest BCUT2D eigenvalue weighted by atomic mass is 9.97. The largest absolute Gasteiger partial charge is 0.497 e. The number of aryl methyl sites for hydroxylation is 1. The minimum Gasteiger partial charge on any atom is -0.497 e. The predicted molar refractivity (Wildman–Crippen MR) is 123 cm³/mol. The van der Waals surface area contributed by atoms with E-state index in [1.807, 2.05) is 24.3 Å². The first-order chi connectivity index (χ1) is 15.3. The van der Waals surface area contributed by atoms with Crippen LogP contribution < -0.4 is 10.1 Å². The third-order valence-corrected chi connectivity index (χ3v) is 7.87. The molecule has 1 aliphatic heterocycles. The molecule has 3 rings (SSSR count). The van der Waals surface area contributed by atoms with Crippen molar-refractivity contribution in [2.45, 2.75) is 31.4 Å². The average Bonchev–Trinajstić information content (AvgIpc) is 2.79. The Morgan fingerprint density at radius 1 is 1.19 bits per heavy atom. The van der Waals surface area contributed by atoms with E-state index in [4.69, 9.17) is 16.3 Å². The van der Waals surface area contributed by atoms with Gasteiger partial charge in [0.1, 0.15) is 11.6 Å². The summed E-state index contributed by atoms with van der Waals surface area (Å²) >= 11 is 5.97. The maximum Gasteiger partial charge on any atom is 0.223 e. The quantitative estimate of drug-likeness (QED) is 0.552. The first kappa shape index (κ1) is 24.5. The number of carbonyl (C=O) groups is 1. The third-order valence-electron chi connectivity index (χ3n) is 5.71. The predicted octanol–water partition coefficient (Wildman–Crippen LogP) is 3.78. The fourth-order valence-corrected chi connectivity index (χ4v) is 5.70. The van der Waals surface area contributed by atoms with Gasteiger partial charge in [-0.05, 0) is 55.5 Å². The fraction of sp³-hybridized carbons (Fsp3) is 0.435. The first-order valence-corrected chi connectivity index (χ1v) is 12.6. The Bertz CT molecular complexity index is 1000. The molecule has 0 spiro atoms. The van der Waals surface area contributed by atoms with Crippen molar-refractivity contribution in [3.05, 3.63) is 64.4 Å². The Labute approximate surface area is 193 Å². The average molecular weight is 483 g/mol. The lowest BCUT2D eigenvalue weighted by Gasteiger charge is -2.30. The zero-order valence-electron chi connectivity index (χ0n) is 18.0. The summed E-state index contributed by atoms with van der Waals surface area (Å²) in [5, 5.41) is 3.05. The number of carbonyl (C=O) groups excluding carboxylic acids is 1. The van der Waals surface area contributed by atoms with Crippen molar-refractivity contribution in [3.63, 3.8) is 0 Å². The van der Waals surface area contributed by atoms with Gasteiger partial charge in [-0.1, -0.05) is 29.8 Å². The normalized spacial score (nSPS) is 15.5. The molecular weight excluding hydrogens is 455 g/mol. The zero-order valence-corrected chi connectivity index (χ0v) is 19.6. The summed E-state index contributed by atoms with van der Waals surface area (Å²) in [7, 11) is -2.09. The van der Waals surface area contributed by atoms with Gasteiger partial charge in [0, 0.05) is 36.1 Å². The van der Waals surface area contributed by atoms with Crippen molar-refractivity contribution in [2.24, 2.45) is 5.92 Å². The van der Waals surface area contributed by atoms with Crippen LogP contribution in [0.3, 0.4) is 0 Å². The minimum absolute atomic E-state index is 0.0223. The number of nitrogens with one attached hydrogen (secondary N) is 1. The van der Waals surface area contributed by atoms with E-state index in [1.165, 1.54) is 28.1 Å². The van der Waals surface area contributed by atoms with Gasteiger partial charge in [0.25, 0.3) is 0 Å². The highest BCUT2D eigenvalue weighted by atomic mass is 35.5. The van der Waals surface area contributed by atoms with Crippen molar-refractivity contribution < 1.29 is 22.3 Å². The molecule has 1 fully saturated rings. The molecule has 0 radical (unpaired) electrons. The van der Waals surface area contributed by atoms with Crippen LogP contribution in [0, 0.1) is 11.7 Å². The van der Waals surface area contributed by atoms with Crippen LogP contribution in [0.2, 0.25) is 5.02 Å². The van der Waals surface area contributed by atoms with Gasteiger partial charge in [0.2, 0.25) is 15.9 Å². The molecule has 1 amide bonds. The molecular formula is C23H28ClFN2O4S. The van der Waals surface area contributed by atoms with E-state index in [2.05, 4.69) is 5.32 Å². The molecule has 0 aliphatic carbocycles. The molecule has 1 N–H and O–H groups in total. The summed E-state index contributed by atoms with van der Waals surface area (Å²) in [6.45, 7) is 1.03. The van der Waals surface area contributed by atoms with Crippen molar-refractivity contribution in [1.29, 1.82) is 0 Å². The molecule has 32 heavy (non-hydrogen) atoms. The van der Waals surface area contributed by atoms with E-state index in [-0.39, 0.29) is 35.5 Å². The van der Waals surface area contributed by atoms with Crippen molar-refractivity contribution >= 4 is 27.5 Å². The Hall–Kier alpha value is -2.16. The topological polar surface area (TPSA) is 75.7 Å². The number of rotatable bonds is 9. The summed E-state index contributed by atoms with van der Waals surface area (Å²) in [6.07, 6.45) is 2.54. The van der Waals surface area contributed by atoms with Crippen LogP contribution in [0.25, 0.3) is 0 Å². The Balaban J connectivity index is 1.42. The molecule has 0 atom stereocenters. The molecule has 174 valence electrons. The smallest absolute Gasteiger partial charge is 0.223 e. The van der Waals surface area contributed by atoms with E-state index < -0.39 is 21.6 Å². The monoisotopic (exact) mass is 482 g/mol. The molecule has 9 heteroatoms. The zero-order chi connectivity index (χ0) is 23.1. The van der Waals surface area contributed by atoms with Crippen LogP contribution in [-0.4, -0.2) is 45.4 Å². The molecule has 0 bridgehead atoms. The number of halogens is 2. The van der Waals surface area contributed by atoms with Gasteiger partial charge in [-0.25, -0.2) is 17.1 Å². The number of sulfonamides is 1. The van der Waals surface area contributed by atoms with Gasteiger partial charge >= 0.3 is 0 Å². The summed E-state index contributed by atoms with van der Waals surface area (Å²) in [6, 6.07) is 11.9. The standard InChI is InChI=1S/C23H28ClFN2O4S/c1-31-19-9-7-17(8-10-19)4-3-13-26-23(28)18-11-14-27(15-12-18)32(29,30)16-20-21(24)5-2-6-22(20)25/h2,5-10,18H,3-4,11-16H2,1H3,(H,26,28). The molecule has 2 aromatic carbocycles. The van der Waals surface area contributed by atoms with E-state index in [1.54, 1.807) is 7.11 Å². The highest BCUT2D eigenvalue weighted by Crippen LogP contribution is 2.26. The molecule has 1 heterocycles. The van der Waals surface area contributed by atoms with Gasteiger partial charge in [-0.15, -0.1) is 0 Å². The van der Waals surface area contributed by atoms with E-state index in [0.717, 1.165) is 18.6 Å². The molecule has 0 saturated carbocycles. The summed E-state index contributed by atoms with van der Waals surface area (Å²) in [4.78, 5) is 12.5. The molecule has 1 aliphatic rings. The highest BCUT2D eigenvalue weighted by Gasteiger charge is 2.32. The van der Waals surface area contributed by atoms with Gasteiger partial charge in [0.05, 0.1) is 12.9 Å². The third kappa shape index (κ3) is 6.43. The van der Waals surface area contributed by atoms with Crippen molar-refractivity contribution in [3.8, 4) is 5.75 Å². The molecule has 1 saturated heterocycles. The Morgan fingerprint density at radius 2 is 1.88 bits per heavy atom. The first-order valence-electron chi connectivity index (χ1n) is 10.6. The van der Waals surface area contributed by atoms with Crippen LogP contribution >= 0.6 is 11.6 Å². The molecule has 0 aromatic heterocycles. The number of methoxy groups -OCH3 is 1. The number of ether oxygens (including phenoxy) is 1. The SMILES string of the molecule is COc1ccc(CCCNC(=O)C2CCN(S(=O)(=O)Cc3c(F)cccc3Cl)CC2)cc1. The molecule has 6 nitrogen and oxygen atoms in total. The maximum absolute atomic E-state index is 14.0. The number of piperidine rings is 1. The van der Waals surface area contributed by atoms with Gasteiger partial charge in [-0.2, -0.15) is 0 Å². The van der Waals surface area contributed by atoms with Crippen molar-refractivity contribution in [1.82, 2.24) is 9.62 Å². The second-order valence-corrected chi connectivity index (χ2v) is 10.2. The lowest BCUT2D eigenvalue weighted by molar-refractivity contribution is -0.126. The maximum atomic E-state index is 14.0. The fourth-order valence-electron chi connectivity index (χ4n) is 3.78. The minimum atomic E-state index is -3.72. The van der Waals surface area contributed by atoms with Crippen LogP contribution in [0.1, 0.15) is 30.4 Å². The summed E-state index contributed by atoms with van der Waals surface area (Å²) in [5.74, 6) is -0.577. The molecule has 0 unspecified atom stereocenters. The number of nitrogens with zero attached hydrogens (tertiary/aromatic N) is 1. The second-order valence-electron chi connectivity index (χ2n) is 7.87. The van der Waals surface area contributed by atoms with Crippen LogP contribution in [-0.2, 0) is 27.0 Å². The number of hydrogen-bond donors (Lipinski definition) is 1. The molecule has 2 aromatic rings. The summed E-state index contributed by atoms with van der Waals surface area (Å²) in [5.41, 5.74) is 1.15. The van der Waals surface area contributed by atoms with Crippen LogP contribution in [0.5, 0.6) is 5.75 Å². The number of benzene rings is 2. The van der Waals surface area contributed by atoms with E-state index >= 15 is 0 Å². The van der Waals surface area contributed by atoms with Crippen molar-refractivity contribution in [2.75, 3.05) is 26.7 Å². The van der Waals surface area contributed by atoms with E-state index in [9.17, 15) is 17.6 Å². The van der Waals surface area contributed by atoms with Gasteiger partial charge in [-0.3, -0.25) is 4.79 Å². The Morgan fingerprint density at radius 3 is 2.50 bits per heavy atom.